The van der Waals surface area contributed by atoms with E-state index in [1.165, 1.54) is 0 Å². The lowest BCUT2D eigenvalue weighted by molar-refractivity contribution is -0.0431. The van der Waals surface area contributed by atoms with Crippen LogP contribution in [0.5, 0.6) is 0 Å². The molecule has 1 aliphatic carbocycles. The maximum atomic E-state index is 13.3. The average Bonchev–Trinajstić information content (AvgIpc) is 2.76. The second-order valence-electron chi connectivity index (χ2n) is 4.43. The number of alkyl halides is 2. The van der Waals surface area contributed by atoms with Crippen LogP contribution in [0.4, 0.5) is 8.78 Å². The van der Waals surface area contributed by atoms with Crippen molar-refractivity contribution < 1.29 is 22.7 Å². The molecular formula is C12H15F2NO3. The van der Waals surface area contributed by atoms with Gasteiger partial charge in [-0.1, -0.05) is 0 Å². The van der Waals surface area contributed by atoms with Gasteiger partial charge in [0.25, 0.3) is 0 Å². The van der Waals surface area contributed by atoms with Gasteiger partial charge in [-0.05, 0) is 19.8 Å². The van der Waals surface area contributed by atoms with E-state index in [1.54, 1.807) is 6.92 Å². The van der Waals surface area contributed by atoms with Gasteiger partial charge >= 0.3 is 5.97 Å². The van der Waals surface area contributed by atoms with E-state index in [2.05, 4.69) is 4.98 Å². The molecule has 6 heteroatoms. The third-order valence-corrected chi connectivity index (χ3v) is 3.07. The van der Waals surface area contributed by atoms with Crippen LogP contribution in [0.25, 0.3) is 0 Å². The molecule has 100 valence electrons. The summed E-state index contributed by atoms with van der Waals surface area (Å²) in [6.07, 6.45) is 1.70. The summed E-state index contributed by atoms with van der Waals surface area (Å²) in [6.45, 7) is 1.89. The fourth-order valence-electron chi connectivity index (χ4n) is 2.29. The van der Waals surface area contributed by atoms with Crippen LogP contribution in [0.1, 0.15) is 54.8 Å². The number of rotatable bonds is 3. The molecule has 0 radical (unpaired) electrons. The number of hydrogen-bond acceptors (Lipinski definition) is 4. The van der Waals surface area contributed by atoms with E-state index in [0.717, 1.165) is 6.39 Å². The van der Waals surface area contributed by atoms with Crippen LogP contribution < -0.4 is 0 Å². The molecular weight excluding hydrogens is 244 g/mol. The van der Waals surface area contributed by atoms with Crippen molar-refractivity contribution in [1.29, 1.82) is 0 Å². The highest BCUT2D eigenvalue weighted by molar-refractivity contribution is 5.88. The van der Waals surface area contributed by atoms with Crippen LogP contribution in [0.2, 0.25) is 0 Å². The minimum absolute atomic E-state index is 0.0274. The van der Waals surface area contributed by atoms with Crippen molar-refractivity contribution in [3.8, 4) is 0 Å². The molecule has 0 amide bonds. The van der Waals surface area contributed by atoms with E-state index in [4.69, 9.17) is 9.15 Å². The number of carbonyl (C=O) groups is 1. The molecule has 1 aromatic rings. The molecule has 4 nitrogen and oxygen atoms in total. The predicted molar refractivity (Wildman–Crippen MR) is 58.6 cm³/mol. The number of aromatic nitrogens is 1. The van der Waals surface area contributed by atoms with E-state index in [-0.39, 0.29) is 30.9 Å². The van der Waals surface area contributed by atoms with Crippen molar-refractivity contribution in [3.63, 3.8) is 0 Å². The maximum Gasteiger partial charge on any atom is 0.360 e. The lowest BCUT2D eigenvalue weighted by Crippen LogP contribution is -2.25. The Bertz CT molecular complexity index is 431. The van der Waals surface area contributed by atoms with Gasteiger partial charge < -0.3 is 9.15 Å². The van der Waals surface area contributed by atoms with Gasteiger partial charge in [0.2, 0.25) is 5.92 Å². The van der Waals surface area contributed by atoms with Crippen molar-refractivity contribution in [2.24, 2.45) is 0 Å². The molecule has 0 spiro atoms. The summed E-state index contributed by atoms with van der Waals surface area (Å²) < 4.78 is 36.6. The summed E-state index contributed by atoms with van der Waals surface area (Å²) in [5, 5.41) is 0. The highest BCUT2D eigenvalue weighted by Crippen LogP contribution is 2.42. The van der Waals surface area contributed by atoms with Gasteiger partial charge in [-0.15, -0.1) is 0 Å². The van der Waals surface area contributed by atoms with Crippen molar-refractivity contribution in [2.75, 3.05) is 6.61 Å². The first-order valence-corrected chi connectivity index (χ1v) is 6.02. The molecule has 2 rings (SSSR count). The first-order valence-electron chi connectivity index (χ1n) is 6.02. The van der Waals surface area contributed by atoms with E-state index in [0.29, 0.717) is 12.8 Å². The Kier molecular flexibility index (Phi) is 3.63. The van der Waals surface area contributed by atoms with Crippen LogP contribution in [-0.4, -0.2) is 23.5 Å². The molecule has 0 N–H and O–H groups in total. The molecule has 1 aliphatic rings. The highest BCUT2D eigenvalue weighted by atomic mass is 19.3. The average molecular weight is 259 g/mol. The molecule has 1 heterocycles. The molecule has 1 fully saturated rings. The van der Waals surface area contributed by atoms with Crippen molar-refractivity contribution in [1.82, 2.24) is 4.98 Å². The predicted octanol–water partition coefficient (Wildman–Crippen LogP) is 3.14. The summed E-state index contributed by atoms with van der Waals surface area (Å²) >= 11 is 0. The lowest BCUT2D eigenvalue weighted by Gasteiger charge is -2.27. The van der Waals surface area contributed by atoms with Gasteiger partial charge in [0.05, 0.1) is 6.61 Å². The maximum absolute atomic E-state index is 13.3. The second kappa shape index (κ2) is 5.04. The van der Waals surface area contributed by atoms with Crippen molar-refractivity contribution in [3.05, 3.63) is 17.8 Å². The van der Waals surface area contributed by atoms with E-state index >= 15 is 0 Å². The first kappa shape index (κ1) is 13.0. The molecule has 1 atom stereocenters. The minimum atomic E-state index is -2.69. The second-order valence-corrected chi connectivity index (χ2v) is 4.43. The number of oxazole rings is 1. The molecule has 18 heavy (non-hydrogen) atoms. The summed E-state index contributed by atoms with van der Waals surface area (Å²) in [6, 6.07) is 0. The normalized spacial score (nSPS) is 22.7. The Balaban J connectivity index is 2.18. The zero-order valence-corrected chi connectivity index (χ0v) is 10.1. The highest BCUT2D eigenvalue weighted by Gasteiger charge is 2.39. The number of carbonyl (C=O) groups excluding carboxylic acids is 1. The number of halogens is 2. The SMILES string of the molecule is CCOC(=O)c1ncoc1C1CCCC(F)(F)C1. The monoisotopic (exact) mass is 259 g/mol. The fraction of sp³-hybridized carbons (Fsp3) is 0.667. The first-order chi connectivity index (χ1) is 8.53. The van der Waals surface area contributed by atoms with Crippen molar-refractivity contribution >= 4 is 5.97 Å². The van der Waals surface area contributed by atoms with Gasteiger partial charge in [-0.25, -0.2) is 18.6 Å². The van der Waals surface area contributed by atoms with Gasteiger partial charge in [0.15, 0.2) is 12.1 Å². The summed E-state index contributed by atoms with van der Waals surface area (Å²) in [5.41, 5.74) is 0.0274. The summed E-state index contributed by atoms with van der Waals surface area (Å²) in [5.74, 6) is -3.54. The zero-order valence-electron chi connectivity index (χ0n) is 10.1. The third kappa shape index (κ3) is 2.68. The topological polar surface area (TPSA) is 52.3 Å². The van der Waals surface area contributed by atoms with Gasteiger partial charge in [-0.3, -0.25) is 0 Å². The quantitative estimate of drug-likeness (QED) is 0.782. The van der Waals surface area contributed by atoms with E-state index < -0.39 is 17.8 Å². The molecule has 0 aromatic carbocycles. The van der Waals surface area contributed by atoms with Gasteiger partial charge in [0.1, 0.15) is 5.76 Å². The smallest absolute Gasteiger partial charge is 0.360 e. The molecule has 0 bridgehead atoms. The summed E-state index contributed by atoms with van der Waals surface area (Å²) in [7, 11) is 0. The standard InChI is InChI=1S/C12H15F2NO3/c1-2-17-11(16)9-10(18-7-15-9)8-4-3-5-12(13,14)6-8/h7-8H,2-6H2,1H3. The number of nitrogens with zero attached hydrogens (tertiary/aromatic N) is 1. The number of ether oxygens (including phenoxy) is 1. The number of hydrogen-bond donors (Lipinski definition) is 0. The van der Waals surface area contributed by atoms with Crippen LogP contribution in [0, 0.1) is 0 Å². The Morgan fingerprint density at radius 3 is 3.11 bits per heavy atom. The van der Waals surface area contributed by atoms with Gasteiger partial charge in [0, 0.05) is 18.8 Å². The fourth-order valence-corrected chi connectivity index (χ4v) is 2.29. The molecule has 0 saturated heterocycles. The Labute approximate surface area is 103 Å². The Morgan fingerprint density at radius 1 is 1.67 bits per heavy atom. The van der Waals surface area contributed by atoms with E-state index in [9.17, 15) is 13.6 Å². The van der Waals surface area contributed by atoms with Crippen LogP contribution in [0.15, 0.2) is 10.8 Å². The Hall–Kier alpha value is -1.46. The van der Waals surface area contributed by atoms with Gasteiger partial charge in [-0.2, -0.15) is 0 Å². The summed E-state index contributed by atoms with van der Waals surface area (Å²) in [4.78, 5) is 15.4. The van der Waals surface area contributed by atoms with Crippen LogP contribution in [-0.2, 0) is 4.74 Å². The van der Waals surface area contributed by atoms with Crippen LogP contribution in [0.3, 0.4) is 0 Å². The molecule has 1 saturated carbocycles. The largest absolute Gasteiger partial charge is 0.461 e. The molecule has 1 aromatic heterocycles. The minimum Gasteiger partial charge on any atom is -0.461 e. The van der Waals surface area contributed by atoms with Crippen LogP contribution >= 0.6 is 0 Å². The van der Waals surface area contributed by atoms with Crippen molar-refractivity contribution in [2.45, 2.75) is 44.4 Å². The molecule has 1 unspecified atom stereocenters. The lowest BCUT2D eigenvalue weighted by atomic mass is 9.84. The third-order valence-electron chi connectivity index (χ3n) is 3.07. The number of esters is 1. The zero-order chi connectivity index (χ0) is 13.2. The van der Waals surface area contributed by atoms with E-state index in [1.807, 2.05) is 0 Å². The molecule has 0 aliphatic heterocycles. The Morgan fingerprint density at radius 2 is 2.44 bits per heavy atom.